The number of thioether (sulfide) groups is 1. The molecule has 3 amide bonds. The molecule has 0 saturated carbocycles. The van der Waals surface area contributed by atoms with Crippen molar-refractivity contribution in [2.75, 3.05) is 17.6 Å². The van der Waals surface area contributed by atoms with Crippen molar-refractivity contribution in [2.24, 2.45) is 5.92 Å². The molecule has 0 bridgehead atoms. The van der Waals surface area contributed by atoms with Crippen LogP contribution in [0.2, 0.25) is 0 Å². The van der Waals surface area contributed by atoms with Crippen LogP contribution in [0, 0.1) is 5.92 Å². The summed E-state index contributed by atoms with van der Waals surface area (Å²) in [5, 5.41) is 5.73. The molecule has 142 valence electrons. The summed E-state index contributed by atoms with van der Waals surface area (Å²) in [6.07, 6.45) is -0.127. The van der Waals surface area contributed by atoms with Gasteiger partial charge in [-0.15, -0.1) is 11.8 Å². The predicted octanol–water partition coefficient (Wildman–Crippen LogP) is 2.77. The Morgan fingerprint density at radius 1 is 1.27 bits per heavy atom. The van der Waals surface area contributed by atoms with Gasteiger partial charge in [0.05, 0.1) is 5.75 Å². The van der Waals surface area contributed by atoms with E-state index in [0.717, 1.165) is 11.3 Å². The van der Waals surface area contributed by atoms with E-state index in [1.807, 2.05) is 38.1 Å². The van der Waals surface area contributed by atoms with Gasteiger partial charge in [-0.25, -0.2) is 0 Å². The molecule has 0 unspecified atom stereocenters. The highest BCUT2D eigenvalue weighted by Crippen LogP contribution is 2.25. The minimum absolute atomic E-state index is 0.127. The number of hydrogen-bond donors (Lipinski definition) is 2. The van der Waals surface area contributed by atoms with Crippen LogP contribution in [0.15, 0.2) is 24.3 Å². The molecule has 1 aliphatic rings. The van der Waals surface area contributed by atoms with Gasteiger partial charge >= 0.3 is 0 Å². The molecule has 0 radical (unpaired) electrons. The van der Waals surface area contributed by atoms with Gasteiger partial charge in [-0.2, -0.15) is 0 Å². The van der Waals surface area contributed by atoms with Crippen LogP contribution >= 0.6 is 11.8 Å². The quantitative estimate of drug-likeness (QED) is 0.716. The zero-order valence-electron chi connectivity index (χ0n) is 15.7. The van der Waals surface area contributed by atoms with Crippen molar-refractivity contribution in [2.45, 2.75) is 45.5 Å². The fourth-order valence-electron chi connectivity index (χ4n) is 2.81. The lowest BCUT2D eigenvalue weighted by Gasteiger charge is -2.36. The molecule has 2 N–H and O–H groups in total. The molecular weight excluding hydrogens is 350 g/mol. The maximum Gasteiger partial charge on any atom is 0.234 e. The number of anilines is 1. The van der Waals surface area contributed by atoms with Crippen molar-refractivity contribution in [3.8, 4) is 0 Å². The monoisotopic (exact) mass is 377 g/mol. The third-order valence-electron chi connectivity index (χ3n) is 3.99. The van der Waals surface area contributed by atoms with E-state index >= 15 is 0 Å². The summed E-state index contributed by atoms with van der Waals surface area (Å²) in [5.41, 5.74) is 1.38. The minimum atomic E-state index is -0.503. The van der Waals surface area contributed by atoms with Gasteiger partial charge in [0, 0.05) is 12.2 Å². The van der Waals surface area contributed by atoms with E-state index in [2.05, 4.69) is 24.5 Å². The number of hydrogen-bond acceptors (Lipinski definition) is 4. The van der Waals surface area contributed by atoms with Crippen LogP contribution < -0.4 is 10.6 Å². The highest BCUT2D eigenvalue weighted by molar-refractivity contribution is 8.00. The third-order valence-corrected chi connectivity index (χ3v) is 5.11. The van der Waals surface area contributed by atoms with Crippen molar-refractivity contribution in [1.29, 1.82) is 0 Å². The number of rotatable bonds is 7. The average molecular weight is 378 g/mol. The lowest BCUT2D eigenvalue weighted by Crippen LogP contribution is -2.56. The Morgan fingerprint density at radius 2 is 1.96 bits per heavy atom. The largest absolute Gasteiger partial charge is 0.327 e. The molecule has 1 aromatic rings. The molecular formula is C19H27N3O3S. The van der Waals surface area contributed by atoms with Gasteiger partial charge in [-0.1, -0.05) is 45.9 Å². The molecule has 1 fully saturated rings. The molecule has 6 nitrogen and oxygen atoms in total. The van der Waals surface area contributed by atoms with Crippen molar-refractivity contribution < 1.29 is 14.4 Å². The summed E-state index contributed by atoms with van der Waals surface area (Å²) in [6, 6.07) is 7.72. The van der Waals surface area contributed by atoms with Crippen molar-refractivity contribution >= 4 is 35.2 Å². The Bertz CT molecular complexity index is 676. The first-order chi connectivity index (χ1) is 12.3. The molecule has 1 aromatic carbocycles. The summed E-state index contributed by atoms with van der Waals surface area (Å²) in [4.78, 5) is 37.9. The second kappa shape index (κ2) is 9.07. The van der Waals surface area contributed by atoms with Crippen LogP contribution in [-0.2, 0) is 14.4 Å². The van der Waals surface area contributed by atoms with E-state index in [9.17, 15) is 14.4 Å². The fourth-order valence-corrected chi connectivity index (χ4v) is 3.79. The summed E-state index contributed by atoms with van der Waals surface area (Å²) >= 11 is 1.26. The summed E-state index contributed by atoms with van der Waals surface area (Å²) in [5.74, 6) is 0.0994. The fraction of sp³-hybridized carbons (Fsp3) is 0.526. The van der Waals surface area contributed by atoms with Crippen LogP contribution in [0.1, 0.15) is 45.6 Å². The molecule has 2 rings (SSSR count). The van der Waals surface area contributed by atoms with Gasteiger partial charge in [0.15, 0.2) is 5.50 Å². The molecule has 1 aliphatic heterocycles. The van der Waals surface area contributed by atoms with Crippen molar-refractivity contribution in [3.63, 3.8) is 0 Å². The third kappa shape index (κ3) is 5.49. The molecule has 1 saturated heterocycles. The number of carbonyl (C=O) groups excluding carboxylic acids is 3. The zero-order valence-corrected chi connectivity index (χ0v) is 16.6. The summed E-state index contributed by atoms with van der Waals surface area (Å²) in [6.45, 7) is 8.73. The molecule has 0 aliphatic carbocycles. The first kappa shape index (κ1) is 20.3. The highest BCUT2D eigenvalue weighted by Gasteiger charge is 2.33. The first-order valence-corrected chi connectivity index (χ1v) is 9.92. The lowest BCUT2D eigenvalue weighted by molar-refractivity contribution is -0.142. The number of nitrogens with zero attached hydrogens (tertiary/aromatic N) is 1. The van der Waals surface area contributed by atoms with Crippen molar-refractivity contribution in [1.82, 2.24) is 10.2 Å². The molecule has 7 heteroatoms. The molecule has 1 heterocycles. The van der Waals surface area contributed by atoms with Gasteiger partial charge < -0.3 is 15.5 Å². The second-order valence-corrected chi connectivity index (χ2v) is 8.21. The predicted molar refractivity (Wildman–Crippen MR) is 105 cm³/mol. The zero-order chi connectivity index (χ0) is 19.3. The number of benzene rings is 1. The van der Waals surface area contributed by atoms with Gasteiger partial charge in [0.1, 0.15) is 6.42 Å². The van der Waals surface area contributed by atoms with Crippen LogP contribution in [0.4, 0.5) is 5.69 Å². The van der Waals surface area contributed by atoms with Gasteiger partial charge in [0.2, 0.25) is 17.7 Å². The molecule has 0 spiro atoms. The van der Waals surface area contributed by atoms with Crippen LogP contribution in [0.25, 0.3) is 0 Å². The maximum atomic E-state index is 12.4. The second-order valence-electron chi connectivity index (χ2n) is 7.14. The molecule has 1 atom stereocenters. The lowest BCUT2D eigenvalue weighted by atomic mass is 10.0. The van der Waals surface area contributed by atoms with E-state index in [4.69, 9.17) is 0 Å². The van der Waals surface area contributed by atoms with Crippen LogP contribution in [0.5, 0.6) is 0 Å². The number of nitrogens with one attached hydrogen (secondary N) is 2. The van der Waals surface area contributed by atoms with Crippen LogP contribution in [0.3, 0.4) is 0 Å². The SMILES string of the molecule is CC(C)CN1C(=O)CC(=O)N[C@@H]1SCC(=O)Nc1ccccc1C(C)C. The number of amides is 3. The van der Waals surface area contributed by atoms with Gasteiger partial charge in [0.25, 0.3) is 0 Å². The Labute approximate surface area is 159 Å². The van der Waals surface area contributed by atoms with E-state index in [-0.39, 0.29) is 35.8 Å². The molecule has 0 aromatic heterocycles. The van der Waals surface area contributed by atoms with Crippen molar-refractivity contribution in [3.05, 3.63) is 29.8 Å². The minimum Gasteiger partial charge on any atom is -0.327 e. The smallest absolute Gasteiger partial charge is 0.234 e. The van der Waals surface area contributed by atoms with Gasteiger partial charge in [-0.05, 0) is 23.5 Å². The highest BCUT2D eigenvalue weighted by atomic mass is 32.2. The average Bonchev–Trinajstić information content (AvgIpc) is 2.55. The van der Waals surface area contributed by atoms with E-state index < -0.39 is 5.50 Å². The Hall–Kier alpha value is -2.02. The summed E-state index contributed by atoms with van der Waals surface area (Å²) < 4.78 is 0. The van der Waals surface area contributed by atoms with E-state index in [1.54, 1.807) is 4.90 Å². The Kier molecular flexibility index (Phi) is 7.08. The maximum absolute atomic E-state index is 12.4. The number of para-hydroxylation sites is 1. The first-order valence-electron chi connectivity index (χ1n) is 8.87. The Morgan fingerprint density at radius 3 is 2.62 bits per heavy atom. The van der Waals surface area contributed by atoms with E-state index in [0.29, 0.717) is 12.5 Å². The topological polar surface area (TPSA) is 78.5 Å². The van der Waals surface area contributed by atoms with E-state index in [1.165, 1.54) is 11.8 Å². The molecule has 26 heavy (non-hydrogen) atoms. The Balaban J connectivity index is 1.98. The van der Waals surface area contributed by atoms with Gasteiger partial charge in [-0.3, -0.25) is 14.4 Å². The normalized spacial score (nSPS) is 17.6. The number of carbonyl (C=O) groups is 3. The standard InChI is InChI=1S/C19H27N3O3S/c1-12(2)10-22-18(25)9-16(23)21-19(22)26-11-17(24)20-15-8-6-5-7-14(15)13(3)4/h5-8,12-13,19H,9-11H2,1-4H3,(H,20,24)(H,21,23)/t19-/m0/s1. The summed E-state index contributed by atoms with van der Waals surface area (Å²) in [7, 11) is 0. The van der Waals surface area contributed by atoms with Crippen LogP contribution in [-0.4, -0.2) is 40.4 Å².